The van der Waals surface area contributed by atoms with Gasteiger partial charge in [0.15, 0.2) is 0 Å². The van der Waals surface area contributed by atoms with E-state index in [4.69, 9.17) is 15.7 Å². The number of hydrogen-bond donors (Lipinski definition) is 2. The summed E-state index contributed by atoms with van der Waals surface area (Å²) in [5.41, 5.74) is 8.16. The Labute approximate surface area is 114 Å². The third-order valence-electron chi connectivity index (χ3n) is 4.06. The number of nitrogen functional groups attached to an aromatic ring is 1. The molecule has 1 saturated carbocycles. The summed E-state index contributed by atoms with van der Waals surface area (Å²) in [5, 5.41) is 12.4. The van der Waals surface area contributed by atoms with Crippen LogP contribution in [0.15, 0.2) is 18.2 Å². The first-order valence-corrected chi connectivity index (χ1v) is 6.66. The van der Waals surface area contributed by atoms with Crippen LogP contribution >= 0.6 is 0 Å². The molecule has 2 atom stereocenters. The van der Waals surface area contributed by atoms with Gasteiger partial charge in [-0.2, -0.15) is 5.26 Å². The van der Waals surface area contributed by atoms with Crippen molar-refractivity contribution >= 4 is 11.4 Å². The fraction of sp³-hybridized carbons (Fsp3) is 0.533. The van der Waals surface area contributed by atoms with Gasteiger partial charge in [0.25, 0.3) is 0 Å². The minimum absolute atomic E-state index is 0.0745. The Morgan fingerprint density at radius 3 is 2.84 bits per heavy atom. The maximum Gasteiger partial charge on any atom is 0.0992 e. The summed E-state index contributed by atoms with van der Waals surface area (Å²) < 4.78 is 5.71. The van der Waals surface area contributed by atoms with Crippen molar-refractivity contribution in [1.82, 2.24) is 0 Å². The van der Waals surface area contributed by atoms with E-state index in [-0.39, 0.29) is 11.5 Å². The monoisotopic (exact) mass is 259 g/mol. The normalized spacial score (nSPS) is 24.3. The molecule has 1 aromatic carbocycles. The molecule has 4 nitrogen and oxygen atoms in total. The molecule has 0 spiro atoms. The smallest absolute Gasteiger partial charge is 0.0992 e. The van der Waals surface area contributed by atoms with Crippen molar-refractivity contribution in [2.45, 2.75) is 39.3 Å². The average molecular weight is 259 g/mol. The molecule has 2 rings (SSSR count). The van der Waals surface area contributed by atoms with Crippen LogP contribution in [0.1, 0.15) is 32.8 Å². The Morgan fingerprint density at radius 1 is 1.53 bits per heavy atom. The van der Waals surface area contributed by atoms with E-state index in [9.17, 15) is 0 Å². The lowest BCUT2D eigenvalue weighted by Gasteiger charge is -2.52. The van der Waals surface area contributed by atoms with Gasteiger partial charge in [-0.3, -0.25) is 0 Å². The van der Waals surface area contributed by atoms with E-state index >= 15 is 0 Å². The summed E-state index contributed by atoms with van der Waals surface area (Å²) in [5.74, 6) is 0. The molecule has 1 aliphatic carbocycles. The van der Waals surface area contributed by atoms with Gasteiger partial charge in [0.1, 0.15) is 0 Å². The van der Waals surface area contributed by atoms with Crippen molar-refractivity contribution < 1.29 is 4.74 Å². The number of anilines is 2. The summed E-state index contributed by atoms with van der Waals surface area (Å²) in [6.45, 7) is 7.15. The highest BCUT2D eigenvalue weighted by molar-refractivity contribution is 5.69. The quantitative estimate of drug-likeness (QED) is 0.816. The molecule has 4 heteroatoms. The minimum atomic E-state index is 0.0745. The van der Waals surface area contributed by atoms with Crippen LogP contribution in [0.2, 0.25) is 0 Å². The minimum Gasteiger partial charge on any atom is -0.397 e. The van der Waals surface area contributed by atoms with Gasteiger partial charge in [-0.25, -0.2) is 0 Å². The number of rotatable bonds is 4. The maximum atomic E-state index is 8.93. The molecular weight excluding hydrogens is 238 g/mol. The van der Waals surface area contributed by atoms with Crippen LogP contribution in [0.3, 0.4) is 0 Å². The summed E-state index contributed by atoms with van der Waals surface area (Å²) in [4.78, 5) is 0. The first kappa shape index (κ1) is 13.7. The van der Waals surface area contributed by atoms with Crippen LogP contribution in [0.5, 0.6) is 0 Å². The number of nitrogens with zero attached hydrogens (tertiary/aromatic N) is 1. The molecule has 0 aliphatic heterocycles. The highest BCUT2D eigenvalue weighted by Crippen LogP contribution is 2.44. The zero-order chi connectivity index (χ0) is 14.0. The van der Waals surface area contributed by atoms with E-state index < -0.39 is 0 Å². The van der Waals surface area contributed by atoms with Crippen molar-refractivity contribution in [3.63, 3.8) is 0 Å². The van der Waals surface area contributed by atoms with Crippen LogP contribution in [0, 0.1) is 16.7 Å². The van der Waals surface area contributed by atoms with Gasteiger partial charge in [-0.05, 0) is 31.5 Å². The predicted octanol–water partition coefficient (Wildman–Crippen LogP) is 2.76. The number of nitriles is 1. The number of nitrogens with one attached hydrogen (secondary N) is 1. The Balaban J connectivity index is 2.09. The second-order valence-corrected chi connectivity index (χ2v) is 5.61. The standard InChI is InChI=1S/C15H21N3O/c1-4-19-14-8-13(15(14,2)3)18-12-7-10(9-16)5-6-11(12)17/h5-7,13-14,18H,4,8,17H2,1-3H3. The van der Waals surface area contributed by atoms with Crippen molar-refractivity contribution in [1.29, 1.82) is 5.26 Å². The van der Waals surface area contributed by atoms with Gasteiger partial charge >= 0.3 is 0 Å². The lowest BCUT2D eigenvalue weighted by molar-refractivity contribution is -0.0975. The number of benzene rings is 1. The largest absolute Gasteiger partial charge is 0.397 e. The first-order chi connectivity index (χ1) is 8.98. The molecule has 0 bridgehead atoms. The van der Waals surface area contributed by atoms with E-state index in [1.807, 2.05) is 6.92 Å². The third kappa shape index (κ3) is 2.52. The molecule has 0 amide bonds. The van der Waals surface area contributed by atoms with Gasteiger partial charge in [-0.1, -0.05) is 13.8 Å². The number of hydrogen-bond acceptors (Lipinski definition) is 4. The predicted molar refractivity (Wildman–Crippen MR) is 76.8 cm³/mol. The van der Waals surface area contributed by atoms with E-state index in [1.54, 1.807) is 18.2 Å². The van der Waals surface area contributed by atoms with Gasteiger partial charge in [0.2, 0.25) is 0 Å². The van der Waals surface area contributed by atoms with E-state index in [0.29, 0.717) is 17.3 Å². The first-order valence-electron chi connectivity index (χ1n) is 6.66. The zero-order valence-electron chi connectivity index (χ0n) is 11.7. The van der Waals surface area contributed by atoms with Gasteiger partial charge in [0, 0.05) is 18.1 Å². The van der Waals surface area contributed by atoms with Gasteiger partial charge in [-0.15, -0.1) is 0 Å². The molecule has 3 N–H and O–H groups in total. The molecule has 0 saturated heterocycles. The average Bonchev–Trinajstić information content (AvgIpc) is 2.39. The van der Waals surface area contributed by atoms with Crippen LogP contribution in [0.4, 0.5) is 11.4 Å². The molecule has 1 fully saturated rings. The molecule has 0 aromatic heterocycles. The Morgan fingerprint density at radius 2 is 2.26 bits per heavy atom. The van der Waals surface area contributed by atoms with Crippen molar-refractivity contribution in [3.05, 3.63) is 23.8 Å². The second-order valence-electron chi connectivity index (χ2n) is 5.61. The highest BCUT2D eigenvalue weighted by atomic mass is 16.5. The Hall–Kier alpha value is -1.73. The zero-order valence-corrected chi connectivity index (χ0v) is 11.7. The lowest BCUT2D eigenvalue weighted by Crippen LogP contribution is -2.58. The summed E-state index contributed by atoms with van der Waals surface area (Å²) in [6.07, 6.45) is 1.26. The summed E-state index contributed by atoms with van der Waals surface area (Å²) in [7, 11) is 0. The van der Waals surface area contributed by atoms with E-state index in [2.05, 4.69) is 25.2 Å². The molecule has 19 heavy (non-hydrogen) atoms. The van der Waals surface area contributed by atoms with Crippen LogP contribution in [0.25, 0.3) is 0 Å². The van der Waals surface area contributed by atoms with Crippen molar-refractivity contribution in [3.8, 4) is 6.07 Å². The van der Waals surface area contributed by atoms with E-state index in [0.717, 1.165) is 18.7 Å². The van der Waals surface area contributed by atoms with Crippen LogP contribution in [-0.4, -0.2) is 18.8 Å². The molecular formula is C15H21N3O. The SMILES string of the molecule is CCOC1CC(Nc2cc(C#N)ccc2N)C1(C)C. The molecule has 1 aromatic rings. The molecule has 2 unspecified atom stereocenters. The lowest BCUT2D eigenvalue weighted by atomic mass is 9.64. The summed E-state index contributed by atoms with van der Waals surface area (Å²) in [6, 6.07) is 7.76. The fourth-order valence-electron chi connectivity index (χ4n) is 2.55. The number of nitrogens with two attached hydrogens (primary N) is 1. The Kier molecular flexibility index (Phi) is 3.68. The van der Waals surface area contributed by atoms with Gasteiger partial charge < -0.3 is 15.8 Å². The van der Waals surface area contributed by atoms with Crippen molar-refractivity contribution in [2.75, 3.05) is 17.7 Å². The highest BCUT2D eigenvalue weighted by Gasteiger charge is 2.48. The summed E-state index contributed by atoms with van der Waals surface area (Å²) >= 11 is 0. The molecule has 0 heterocycles. The number of ether oxygens (including phenoxy) is 1. The topological polar surface area (TPSA) is 71.1 Å². The van der Waals surface area contributed by atoms with Gasteiger partial charge in [0.05, 0.1) is 29.1 Å². The second kappa shape index (κ2) is 5.10. The molecule has 1 aliphatic rings. The molecule has 102 valence electrons. The van der Waals surface area contributed by atoms with Crippen LogP contribution in [-0.2, 0) is 4.74 Å². The maximum absolute atomic E-state index is 8.93. The molecule has 0 radical (unpaired) electrons. The fourth-order valence-corrected chi connectivity index (χ4v) is 2.55. The Bertz CT molecular complexity index is 505. The van der Waals surface area contributed by atoms with E-state index in [1.165, 1.54) is 0 Å². The third-order valence-corrected chi connectivity index (χ3v) is 4.06. The van der Waals surface area contributed by atoms with Crippen molar-refractivity contribution in [2.24, 2.45) is 5.41 Å². The van der Waals surface area contributed by atoms with Crippen LogP contribution < -0.4 is 11.1 Å².